The van der Waals surface area contributed by atoms with Gasteiger partial charge in [-0.25, -0.2) is 0 Å². The van der Waals surface area contributed by atoms with Gasteiger partial charge in [0, 0.05) is 29.7 Å². The third-order valence-corrected chi connectivity index (χ3v) is 4.80. The van der Waals surface area contributed by atoms with Crippen LogP contribution in [0.15, 0.2) is 22.7 Å². The average molecular weight is 339 g/mol. The molecule has 1 heterocycles. The fraction of sp³-hybridized carbons (Fsp3) is 0.562. The summed E-state index contributed by atoms with van der Waals surface area (Å²) in [5, 5.41) is 0. The van der Waals surface area contributed by atoms with Gasteiger partial charge in [0.15, 0.2) is 0 Å². The molecule has 1 fully saturated rings. The fourth-order valence-corrected chi connectivity index (χ4v) is 3.38. The number of anilines is 1. The van der Waals surface area contributed by atoms with E-state index >= 15 is 0 Å². The molecule has 0 radical (unpaired) electrons. The molecule has 0 spiro atoms. The van der Waals surface area contributed by atoms with E-state index in [0.29, 0.717) is 18.9 Å². The highest BCUT2D eigenvalue weighted by atomic mass is 79.9. The predicted octanol–water partition coefficient (Wildman–Crippen LogP) is 3.96. The van der Waals surface area contributed by atoms with Gasteiger partial charge in [0.25, 0.3) is 0 Å². The second-order valence-electron chi connectivity index (χ2n) is 5.65. The molecule has 110 valence electrons. The molecule has 1 amide bonds. The van der Waals surface area contributed by atoms with Gasteiger partial charge in [0.2, 0.25) is 5.91 Å². The molecule has 2 N–H and O–H groups in total. The van der Waals surface area contributed by atoms with Gasteiger partial charge < -0.3 is 10.6 Å². The molecule has 3 nitrogen and oxygen atoms in total. The first-order valence-corrected chi connectivity index (χ1v) is 8.21. The van der Waals surface area contributed by atoms with Gasteiger partial charge in [0.05, 0.1) is 0 Å². The Hall–Kier alpha value is -1.03. The van der Waals surface area contributed by atoms with E-state index in [1.807, 2.05) is 23.1 Å². The van der Waals surface area contributed by atoms with Gasteiger partial charge in [0.1, 0.15) is 0 Å². The van der Waals surface area contributed by atoms with E-state index in [9.17, 15) is 4.79 Å². The smallest absolute Gasteiger partial charge is 0.222 e. The van der Waals surface area contributed by atoms with Gasteiger partial charge in [-0.15, -0.1) is 0 Å². The zero-order valence-corrected chi connectivity index (χ0v) is 13.7. The summed E-state index contributed by atoms with van der Waals surface area (Å²) in [6.07, 6.45) is 5.32. The van der Waals surface area contributed by atoms with Crippen LogP contribution in [0, 0.1) is 5.92 Å². The van der Waals surface area contributed by atoms with Crippen LogP contribution in [0.1, 0.15) is 44.6 Å². The second kappa shape index (κ2) is 7.11. The molecule has 1 aromatic rings. The van der Waals surface area contributed by atoms with Gasteiger partial charge in [-0.1, -0.05) is 41.8 Å². The summed E-state index contributed by atoms with van der Waals surface area (Å²) in [6, 6.07) is 5.79. The van der Waals surface area contributed by atoms with Crippen LogP contribution in [0.4, 0.5) is 5.69 Å². The Morgan fingerprint density at radius 1 is 1.40 bits per heavy atom. The topological polar surface area (TPSA) is 46.3 Å². The molecule has 1 saturated heterocycles. The largest absolute Gasteiger partial charge is 0.399 e. The monoisotopic (exact) mass is 338 g/mol. The van der Waals surface area contributed by atoms with E-state index < -0.39 is 0 Å². The number of carbonyl (C=O) groups excluding carboxylic acids is 1. The van der Waals surface area contributed by atoms with Crippen molar-refractivity contribution in [3.05, 3.63) is 28.2 Å². The number of nitrogens with two attached hydrogens (primary N) is 1. The van der Waals surface area contributed by atoms with E-state index in [1.54, 1.807) is 0 Å². The molecule has 0 aromatic heterocycles. The normalized spacial score (nSPS) is 20.0. The summed E-state index contributed by atoms with van der Waals surface area (Å²) in [5.41, 5.74) is 7.62. The molecule has 1 aliphatic rings. The standard InChI is InChI=1S/C16H23BrN2O/c1-2-3-12-4-7-16(20)19(9-8-12)11-13-5-6-14(18)10-15(13)17/h5-6,10,12H,2-4,7-9,11,18H2,1H3. The van der Waals surface area contributed by atoms with Crippen molar-refractivity contribution >= 4 is 27.5 Å². The quantitative estimate of drug-likeness (QED) is 0.844. The molecule has 20 heavy (non-hydrogen) atoms. The number of hydrogen-bond donors (Lipinski definition) is 1. The summed E-state index contributed by atoms with van der Waals surface area (Å²) in [7, 11) is 0. The van der Waals surface area contributed by atoms with Crippen molar-refractivity contribution in [1.29, 1.82) is 0 Å². The fourth-order valence-electron chi connectivity index (χ4n) is 2.85. The maximum atomic E-state index is 12.2. The average Bonchev–Trinajstić information content (AvgIpc) is 2.57. The highest BCUT2D eigenvalue weighted by Gasteiger charge is 2.22. The summed E-state index contributed by atoms with van der Waals surface area (Å²) < 4.78 is 0.986. The molecule has 0 bridgehead atoms. The SMILES string of the molecule is CCCC1CCC(=O)N(Cc2ccc(N)cc2Br)CC1. The first-order valence-electron chi connectivity index (χ1n) is 7.41. The van der Waals surface area contributed by atoms with Crippen molar-refractivity contribution in [2.75, 3.05) is 12.3 Å². The lowest BCUT2D eigenvalue weighted by Gasteiger charge is -2.21. The lowest BCUT2D eigenvalue weighted by atomic mass is 9.96. The minimum absolute atomic E-state index is 0.285. The molecule has 0 aliphatic carbocycles. The van der Waals surface area contributed by atoms with Gasteiger partial charge in [-0.3, -0.25) is 4.79 Å². The highest BCUT2D eigenvalue weighted by Crippen LogP contribution is 2.26. The number of hydrogen-bond acceptors (Lipinski definition) is 2. The molecule has 4 heteroatoms. The minimum atomic E-state index is 0.285. The summed E-state index contributed by atoms with van der Waals surface area (Å²) in [4.78, 5) is 14.2. The van der Waals surface area contributed by atoms with Crippen molar-refractivity contribution in [2.24, 2.45) is 5.92 Å². The number of likely N-dealkylation sites (tertiary alicyclic amines) is 1. The van der Waals surface area contributed by atoms with E-state index in [0.717, 1.165) is 35.1 Å². The van der Waals surface area contributed by atoms with Crippen molar-refractivity contribution in [2.45, 2.75) is 45.6 Å². The molecular formula is C16H23BrN2O. The Morgan fingerprint density at radius 3 is 2.90 bits per heavy atom. The van der Waals surface area contributed by atoms with Crippen LogP contribution in [0.2, 0.25) is 0 Å². The van der Waals surface area contributed by atoms with Crippen LogP contribution < -0.4 is 5.73 Å². The number of benzene rings is 1. The number of amides is 1. The Labute approximate surface area is 129 Å². The maximum Gasteiger partial charge on any atom is 0.222 e. The maximum absolute atomic E-state index is 12.2. The summed E-state index contributed by atoms with van der Waals surface area (Å²) >= 11 is 3.53. The number of rotatable bonds is 4. The third kappa shape index (κ3) is 3.98. The van der Waals surface area contributed by atoms with Crippen molar-refractivity contribution in [3.8, 4) is 0 Å². The first-order chi connectivity index (χ1) is 9.60. The lowest BCUT2D eigenvalue weighted by Crippen LogP contribution is -2.29. The van der Waals surface area contributed by atoms with Crippen LogP contribution in [-0.2, 0) is 11.3 Å². The van der Waals surface area contributed by atoms with Crippen LogP contribution in [0.3, 0.4) is 0 Å². The predicted molar refractivity (Wildman–Crippen MR) is 86.2 cm³/mol. The molecule has 1 aromatic carbocycles. The van der Waals surface area contributed by atoms with Crippen molar-refractivity contribution < 1.29 is 4.79 Å². The zero-order chi connectivity index (χ0) is 14.5. The summed E-state index contributed by atoms with van der Waals surface area (Å²) in [5.74, 6) is 0.996. The van der Waals surface area contributed by atoms with Crippen molar-refractivity contribution in [1.82, 2.24) is 4.90 Å². The highest BCUT2D eigenvalue weighted by molar-refractivity contribution is 9.10. The zero-order valence-electron chi connectivity index (χ0n) is 12.1. The Balaban J connectivity index is 2.02. The van der Waals surface area contributed by atoms with Gasteiger partial charge in [-0.05, 0) is 36.5 Å². The Kier molecular flexibility index (Phi) is 5.46. The number of nitrogens with zero attached hydrogens (tertiary/aromatic N) is 1. The molecule has 1 atom stereocenters. The van der Waals surface area contributed by atoms with Crippen LogP contribution in [-0.4, -0.2) is 17.4 Å². The molecular weight excluding hydrogens is 316 g/mol. The van der Waals surface area contributed by atoms with Crippen LogP contribution >= 0.6 is 15.9 Å². The minimum Gasteiger partial charge on any atom is -0.399 e. The number of nitrogen functional groups attached to an aromatic ring is 1. The second-order valence-corrected chi connectivity index (χ2v) is 6.50. The number of halogens is 1. The van der Waals surface area contributed by atoms with Gasteiger partial charge in [-0.2, -0.15) is 0 Å². The molecule has 1 aliphatic heterocycles. The Morgan fingerprint density at radius 2 is 2.20 bits per heavy atom. The van der Waals surface area contributed by atoms with E-state index in [2.05, 4.69) is 22.9 Å². The van der Waals surface area contributed by atoms with Crippen molar-refractivity contribution in [3.63, 3.8) is 0 Å². The molecule has 0 saturated carbocycles. The van der Waals surface area contributed by atoms with E-state index in [-0.39, 0.29) is 5.91 Å². The first kappa shape index (κ1) is 15.4. The third-order valence-electron chi connectivity index (χ3n) is 4.06. The van der Waals surface area contributed by atoms with Crippen LogP contribution in [0.25, 0.3) is 0 Å². The Bertz CT molecular complexity index is 476. The molecule has 1 unspecified atom stereocenters. The molecule has 2 rings (SSSR count). The lowest BCUT2D eigenvalue weighted by molar-refractivity contribution is -0.131. The summed E-state index contributed by atoms with van der Waals surface area (Å²) in [6.45, 7) is 3.77. The van der Waals surface area contributed by atoms with E-state index in [1.165, 1.54) is 12.8 Å². The number of carbonyl (C=O) groups is 1. The van der Waals surface area contributed by atoms with Gasteiger partial charge >= 0.3 is 0 Å². The van der Waals surface area contributed by atoms with Crippen LogP contribution in [0.5, 0.6) is 0 Å². The van der Waals surface area contributed by atoms with E-state index in [4.69, 9.17) is 5.73 Å².